The van der Waals surface area contributed by atoms with E-state index in [1.54, 1.807) is 12.1 Å². The number of methoxy groups -OCH3 is 2. The molecule has 0 aliphatic carbocycles. The van der Waals surface area contributed by atoms with Gasteiger partial charge in [0.25, 0.3) is 5.56 Å². The predicted molar refractivity (Wildman–Crippen MR) is 123 cm³/mol. The number of hydrogen-bond acceptors (Lipinski definition) is 8. The molecule has 3 aromatic rings. The van der Waals surface area contributed by atoms with Crippen LogP contribution in [-0.4, -0.2) is 49.9 Å². The molecule has 32 heavy (non-hydrogen) atoms. The maximum absolute atomic E-state index is 12.8. The Morgan fingerprint density at radius 1 is 1.06 bits per heavy atom. The number of nitrogens with zero attached hydrogens (tertiary/aromatic N) is 1. The van der Waals surface area contributed by atoms with Gasteiger partial charge in [-0.3, -0.25) is 9.59 Å². The number of nitrogens with two attached hydrogens (primary N) is 1. The van der Waals surface area contributed by atoms with Crippen LogP contribution in [0.3, 0.4) is 0 Å². The maximum atomic E-state index is 12.8. The van der Waals surface area contributed by atoms with Gasteiger partial charge in [-0.25, -0.2) is 4.98 Å². The van der Waals surface area contributed by atoms with Crippen molar-refractivity contribution in [1.29, 1.82) is 0 Å². The van der Waals surface area contributed by atoms with Crippen LogP contribution in [0.25, 0.3) is 22.3 Å². The summed E-state index contributed by atoms with van der Waals surface area (Å²) in [5, 5.41) is 0.354. The normalized spacial score (nSPS) is 10.4. The van der Waals surface area contributed by atoms with E-state index < -0.39 is 5.97 Å². The van der Waals surface area contributed by atoms with Crippen LogP contribution in [0.1, 0.15) is 11.1 Å². The fraction of sp³-hybridized carbons (Fsp3) is 0.318. The van der Waals surface area contributed by atoms with Gasteiger partial charge in [-0.2, -0.15) is 0 Å². The number of carbonyl (C=O) groups is 1. The fourth-order valence-electron chi connectivity index (χ4n) is 3.30. The first-order valence-corrected chi connectivity index (χ1v) is 9.64. The van der Waals surface area contributed by atoms with Crippen molar-refractivity contribution >= 4 is 29.3 Å². The Balaban J connectivity index is 0.00000363. The molecule has 172 valence electrons. The molecule has 1 aromatic heterocycles. The number of H-pyrrole nitrogens is 1. The van der Waals surface area contributed by atoms with Crippen LogP contribution in [0.15, 0.2) is 29.1 Å². The average Bonchev–Trinajstić information content (AvgIpc) is 2.76. The molecule has 0 amide bonds. The molecule has 3 rings (SSSR count). The van der Waals surface area contributed by atoms with Gasteiger partial charge in [-0.05, 0) is 37.1 Å². The van der Waals surface area contributed by atoms with E-state index in [0.29, 0.717) is 34.0 Å². The van der Waals surface area contributed by atoms with Gasteiger partial charge in [-0.1, -0.05) is 0 Å². The highest BCUT2D eigenvalue weighted by Gasteiger charge is 2.15. The number of ether oxygens (including phenoxy) is 4. The lowest BCUT2D eigenvalue weighted by Gasteiger charge is -2.14. The second-order valence-electron chi connectivity index (χ2n) is 6.85. The molecule has 0 aliphatic rings. The van der Waals surface area contributed by atoms with Crippen molar-refractivity contribution < 1.29 is 23.7 Å². The Morgan fingerprint density at radius 2 is 1.75 bits per heavy atom. The summed E-state index contributed by atoms with van der Waals surface area (Å²) in [6.45, 7) is 3.94. The number of aromatic nitrogens is 2. The molecular weight excluding hydrogens is 438 g/mol. The van der Waals surface area contributed by atoms with Crippen LogP contribution in [0.2, 0.25) is 0 Å². The van der Waals surface area contributed by atoms with Crippen LogP contribution in [0.5, 0.6) is 17.2 Å². The molecule has 0 spiro atoms. The average molecular weight is 464 g/mol. The third-order valence-electron chi connectivity index (χ3n) is 4.69. The van der Waals surface area contributed by atoms with E-state index in [9.17, 15) is 9.59 Å². The van der Waals surface area contributed by atoms with Crippen LogP contribution in [0, 0.1) is 13.8 Å². The van der Waals surface area contributed by atoms with Gasteiger partial charge in [0.1, 0.15) is 41.7 Å². The van der Waals surface area contributed by atoms with Crippen molar-refractivity contribution in [1.82, 2.24) is 9.97 Å². The lowest BCUT2D eigenvalue weighted by molar-refractivity contribution is -0.142. The molecule has 0 atom stereocenters. The summed E-state index contributed by atoms with van der Waals surface area (Å²) in [6.07, 6.45) is 0. The summed E-state index contributed by atoms with van der Waals surface area (Å²) in [5.41, 5.74) is 7.80. The van der Waals surface area contributed by atoms with E-state index in [4.69, 9.17) is 24.7 Å². The SMILES string of the molecule is COc1cc(OC)c2c(=O)[nH]c(-c3cc(C)c(OCCOC(=O)CN)c(C)c3)nc2c1.Cl. The molecule has 3 N–H and O–H groups in total. The molecule has 1 heterocycles. The van der Waals surface area contributed by atoms with Gasteiger partial charge in [0.2, 0.25) is 0 Å². The van der Waals surface area contributed by atoms with Crippen molar-refractivity contribution in [3.63, 3.8) is 0 Å². The van der Waals surface area contributed by atoms with E-state index in [-0.39, 0.29) is 37.7 Å². The van der Waals surface area contributed by atoms with Crippen molar-refractivity contribution in [3.8, 4) is 28.6 Å². The number of aryl methyl sites for hydroxylation is 2. The summed E-state index contributed by atoms with van der Waals surface area (Å²) in [4.78, 5) is 31.3. The second kappa shape index (κ2) is 10.8. The Morgan fingerprint density at radius 3 is 2.34 bits per heavy atom. The minimum Gasteiger partial charge on any atom is -0.497 e. The Hall–Kier alpha value is -3.30. The number of carbonyl (C=O) groups excluding carboxylic acids is 1. The van der Waals surface area contributed by atoms with Gasteiger partial charge >= 0.3 is 5.97 Å². The number of esters is 1. The molecular formula is C22H26ClN3O6. The smallest absolute Gasteiger partial charge is 0.319 e. The molecule has 0 saturated carbocycles. The van der Waals surface area contributed by atoms with Crippen LogP contribution < -0.4 is 25.5 Å². The van der Waals surface area contributed by atoms with Gasteiger partial charge in [0.15, 0.2) is 0 Å². The van der Waals surface area contributed by atoms with E-state index in [2.05, 4.69) is 9.97 Å². The largest absolute Gasteiger partial charge is 0.497 e. The highest BCUT2D eigenvalue weighted by atomic mass is 35.5. The molecule has 0 aliphatic heterocycles. The first-order chi connectivity index (χ1) is 14.9. The Kier molecular flexibility index (Phi) is 8.45. The number of aromatic amines is 1. The number of halogens is 1. The number of benzene rings is 2. The Labute approximate surface area is 191 Å². The van der Waals surface area contributed by atoms with Gasteiger partial charge < -0.3 is 29.7 Å². The van der Waals surface area contributed by atoms with Gasteiger partial charge in [0, 0.05) is 17.7 Å². The third-order valence-corrected chi connectivity index (χ3v) is 4.69. The zero-order chi connectivity index (χ0) is 22.5. The summed E-state index contributed by atoms with van der Waals surface area (Å²) < 4.78 is 21.3. The summed E-state index contributed by atoms with van der Waals surface area (Å²) in [7, 11) is 3.03. The first-order valence-electron chi connectivity index (χ1n) is 9.64. The lowest BCUT2D eigenvalue weighted by Crippen LogP contribution is -2.19. The maximum Gasteiger partial charge on any atom is 0.319 e. The van der Waals surface area contributed by atoms with E-state index >= 15 is 0 Å². The highest BCUT2D eigenvalue weighted by molar-refractivity contribution is 5.87. The first kappa shape index (κ1) is 25.0. The molecule has 2 aromatic carbocycles. The van der Waals surface area contributed by atoms with Crippen molar-refractivity contribution in [2.75, 3.05) is 34.0 Å². The lowest BCUT2D eigenvalue weighted by atomic mass is 10.0. The monoisotopic (exact) mass is 463 g/mol. The predicted octanol–water partition coefficient (Wildman–Crippen LogP) is 2.53. The fourth-order valence-corrected chi connectivity index (χ4v) is 3.30. The van der Waals surface area contributed by atoms with E-state index in [1.165, 1.54) is 14.2 Å². The van der Waals surface area contributed by atoms with Crippen molar-refractivity contribution in [2.24, 2.45) is 5.73 Å². The molecule has 0 fully saturated rings. The molecule has 9 nitrogen and oxygen atoms in total. The molecule has 0 bridgehead atoms. The van der Waals surface area contributed by atoms with E-state index in [1.807, 2.05) is 26.0 Å². The van der Waals surface area contributed by atoms with Crippen molar-refractivity contribution in [2.45, 2.75) is 13.8 Å². The standard InChI is InChI=1S/C22H25N3O6.ClH/c1-12-7-14(8-13(2)20(12)31-6-5-30-18(26)11-23)21-24-16-9-15(28-3)10-17(29-4)19(16)22(27)25-21;/h7-10H,5-6,11,23H2,1-4H3,(H,24,25,27);1H. The number of rotatable bonds is 8. The van der Waals surface area contributed by atoms with Gasteiger partial charge in [-0.15, -0.1) is 12.4 Å². The second-order valence-corrected chi connectivity index (χ2v) is 6.85. The minimum absolute atomic E-state index is 0. The summed E-state index contributed by atoms with van der Waals surface area (Å²) in [5.74, 6) is 1.55. The molecule has 0 saturated heterocycles. The van der Waals surface area contributed by atoms with E-state index in [0.717, 1.165) is 16.7 Å². The zero-order valence-corrected chi connectivity index (χ0v) is 19.1. The van der Waals surface area contributed by atoms with Crippen LogP contribution in [0.4, 0.5) is 0 Å². The highest BCUT2D eigenvalue weighted by Crippen LogP contribution is 2.31. The molecule has 0 unspecified atom stereocenters. The molecule has 0 radical (unpaired) electrons. The van der Waals surface area contributed by atoms with Crippen molar-refractivity contribution in [3.05, 3.63) is 45.7 Å². The van der Waals surface area contributed by atoms with Crippen LogP contribution in [-0.2, 0) is 9.53 Å². The summed E-state index contributed by atoms with van der Waals surface area (Å²) in [6, 6.07) is 7.08. The number of hydrogen-bond donors (Lipinski definition) is 2. The Bertz CT molecular complexity index is 1160. The topological polar surface area (TPSA) is 126 Å². The molecule has 10 heteroatoms. The summed E-state index contributed by atoms with van der Waals surface area (Å²) >= 11 is 0. The third kappa shape index (κ3) is 5.30. The zero-order valence-electron chi connectivity index (χ0n) is 18.3. The van der Waals surface area contributed by atoms with Crippen LogP contribution >= 0.6 is 12.4 Å². The quantitative estimate of drug-likeness (QED) is 0.385. The van der Waals surface area contributed by atoms with Gasteiger partial charge in [0.05, 0.1) is 26.3 Å². The minimum atomic E-state index is -0.480. The number of fused-ring (bicyclic) bond motifs is 1. The number of nitrogens with one attached hydrogen (secondary N) is 1.